The van der Waals surface area contributed by atoms with Gasteiger partial charge in [-0.15, -0.1) is 0 Å². The SMILES string of the molecule is COC(=O)C(C)(CCN1CCN(C)CC1C)NC(C)C. The number of esters is 1. The van der Waals surface area contributed by atoms with E-state index in [-0.39, 0.29) is 12.0 Å². The summed E-state index contributed by atoms with van der Waals surface area (Å²) in [5.74, 6) is -0.173. The van der Waals surface area contributed by atoms with Gasteiger partial charge in [0.25, 0.3) is 0 Å². The summed E-state index contributed by atoms with van der Waals surface area (Å²) >= 11 is 0. The average molecular weight is 285 g/mol. The van der Waals surface area contributed by atoms with E-state index in [4.69, 9.17) is 4.74 Å². The molecule has 20 heavy (non-hydrogen) atoms. The van der Waals surface area contributed by atoms with Crippen LogP contribution in [0.5, 0.6) is 0 Å². The average Bonchev–Trinajstić information content (AvgIpc) is 2.35. The van der Waals surface area contributed by atoms with E-state index in [0.717, 1.165) is 32.6 Å². The molecular formula is C15H31N3O2. The summed E-state index contributed by atoms with van der Waals surface area (Å²) < 4.78 is 4.97. The third kappa shape index (κ3) is 4.72. The third-order valence-electron chi connectivity index (χ3n) is 4.11. The van der Waals surface area contributed by atoms with E-state index in [1.165, 1.54) is 7.11 Å². The van der Waals surface area contributed by atoms with Gasteiger partial charge in [-0.3, -0.25) is 15.0 Å². The lowest BCUT2D eigenvalue weighted by Crippen LogP contribution is -2.56. The first kappa shape index (κ1) is 17.4. The second-order valence-corrected chi connectivity index (χ2v) is 6.52. The minimum absolute atomic E-state index is 0.173. The molecule has 1 heterocycles. The van der Waals surface area contributed by atoms with Crippen LogP contribution in [-0.2, 0) is 9.53 Å². The molecule has 0 aromatic carbocycles. The number of carbonyl (C=O) groups is 1. The second-order valence-electron chi connectivity index (χ2n) is 6.52. The maximum Gasteiger partial charge on any atom is 0.325 e. The van der Waals surface area contributed by atoms with Crippen molar-refractivity contribution in [3.05, 3.63) is 0 Å². The maximum absolute atomic E-state index is 12.1. The Hall–Kier alpha value is -0.650. The number of methoxy groups -OCH3 is 1. The first-order valence-electron chi connectivity index (χ1n) is 7.57. The topological polar surface area (TPSA) is 44.8 Å². The van der Waals surface area contributed by atoms with Gasteiger partial charge in [0, 0.05) is 38.3 Å². The number of likely N-dealkylation sites (N-methyl/N-ethyl adjacent to an activating group) is 1. The normalized spacial score (nSPS) is 24.6. The molecule has 0 spiro atoms. The molecule has 1 rings (SSSR count). The van der Waals surface area contributed by atoms with Gasteiger partial charge >= 0.3 is 5.97 Å². The van der Waals surface area contributed by atoms with Gasteiger partial charge in [0.2, 0.25) is 0 Å². The zero-order valence-corrected chi connectivity index (χ0v) is 13.9. The van der Waals surface area contributed by atoms with Crippen LogP contribution in [0, 0.1) is 0 Å². The Bertz CT molecular complexity index is 322. The molecule has 0 radical (unpaired) electrons. The molecule has 1 fully saturated rings. The highest BCUT2D eigenvalue weighted by atomic mass is 16.5. The number of hydrogen-bond acceptors (Lipinski definition) is 5. The summed E-state index contributed by atoms with van der Waals surface area (Å²) in [5.41, 5.74) is -0.605. The van der Waals surface area contributed by atoms with Crippen molar-refractivity contribution in [3.63, 3.8) is 0 Å². The van der Waals surface area contributed by atoms with Gasteiger partial charge < -0.3 is 9.64 Å². The van der Waals surface area contributed by atoms with Gasteiger partial charge in [0.05, 0.1) is 7.11 Å². The van der Waals surface area contributed by atoms with Crippen LogP contribution in [0.1, 0.15) is 34.1 Å². The zero-order chi connectivity index (χ0) is 15.3. The third-order valence-corrected chi connectivity index (χ3v) is 4.11. The van der Waals surface area contributed by atoms with Crippen LogP contribution in [0.15, 0.2) is 0 Å². The fourth-order valence-electron chi connectivity index (χ4n) is 2.97. The number of ether oxygens (including phenoxy) is 1. The minimum Gasteiger partial charge on any atom is -0.468 e. The summed E-state index contributed by atoms with van der Waals surface area (Å²) in [6.45, 7) is 12.5. The molecule has 2 atom stereocenters. The van der Waals surface area contributed by atoms with Crippen LogP contribution < -0.4 is 5.32 Å². The molecule has 0 saturated carbocycles. The monoisotopic (exact) mass is 285 g/mol. The lowest BCUT2D eigenvalue weighted by atomic mass is 9.95. The van der Waals surface area contributed by atoms with Crippen molar-refractivity contribution in [1.29, 1.82) is 0 Å². The van der Waals surface area contributed by atoms with Crippen molar-refractivity contribution < 1.29 is 9.53 Å². The molecule has 1 N–H and O–H groups in total. The van der Waals surface area contributed by atoms with Gasteiger partial charge in [0.15, 0.2) is 0 Å². The Morgan fingerprint density at radius 1 is 1.45 bits per heavy atom. The number of nitrogens with one attached hydrogen (secondary N) is 1. The number of nitrogens with zero attached hydrogens (tertiary/aromatic N) is 2. The summed E-state index contributed by atoms with van der Waals surface area (Å²) in [6.07, 6.45) is 0.770. The van der Waals surface area contributed by atoms with E-state index < -0.39 is 5.54 Å². The summed E-state index contributed by atoms with van der Waals surface area (Å²) in [5, 5.41) is 3.36. The van der Waals surface area contributed by atoms with Crippen LogP contribution in [0.25, 0.3) is 0 Å². The van der Waals surface area contributed by atoms with Crippen LogP contribution in [0.4, 0.5) is 0 Å². The summed E-state index contributed by atoms with van der Waals surface area (Å²) in [4.78, 5) is 16.9. The molecule has 0 aliphatic carbocycles. The Morgan fingerprint density at radius 3 is 2.60 bits per heavy atom. The first-order valence-corrected chi connectivity index (χ1v) is 7.57. The second kappa shape index (κ2) is 7.38. The summed E-state index contributed by atoms with van der Waals surface area (Å²) in [7, 11) is 3.62. The molecule has 0 bridgehead atoms. The molecule has 1 saturated heterocycles. The van der Waals surface area contributed by atoms with Crippen molar-refractivity contribution >= 4 is 5.97 Å². The van der Waals surface area contributed by atoms with Crippen molar-refractivity contribution in [3.8, 4) is 0 Å². The molecule has 5 nitrogen and oxygen atoms in total. The maximum atomic E-state index is 12.1. The van der Waals surface area contributed by atoms with Crippen LogP contribution in [-0.4, -0.2) is 73.7 Å². The van der Waals surface area contributed by atoms with Gasteiger partial charge in [-0.05, 0) is 41.2 Å². The van der Waals surface area contributed by atoms with Gasteiger partial charge in [-0.1, -0.05) is 0 Å². The Kier molecular flexibility index (Phi) is 6.43. The van der Waals surface area contributed by atoms with Crippen molar-refractivity contribution in [2.24, 2.45) is 0 Å². The van der Waals surface area contributed by atoms with Crippen LogP contribution in [0.2, 0.25) is 0 Å². The van der Waals surface area contributed by atoms with Crippen molar-refractivity contribution in [2.75, 3.05) is 40.3 Å². The van der Waals surface area contributed by atoms with E-state index in [2.05, 4.69) is 42.9 Å². The van der Waals surface area contributed by atoms with Crippen molar-refractivity contribution in [2.45, 2.75) is 51.7 Å². The van der Waals surface area contributed by atoms with E-state index in [1.807, 2.05) is 6.92 Å². The lowest BCUT2D eigenvalue weighted by Gasteiger charge is -2.40. The molecule has 2 unspecified atom stereocenters. The molecular weight excluding hydrogens is 254 g/mol. The summed E-state index contributed by atoms with van der Waals surface area (Å²) in [6, 6.07) is 0.790. The Labute approximate surface area is 123 Å². The Morgan fingerprint density at radius 2 is 2.10 bits per heavy atom. The van der Waals surface area contributed by atoms with E-state index in [9.17, 15) is 4.79 Å². The lowest BCUT2D eigenvalue weighted by molar-refractivity contribution is -0.148. The standard InChI is InChI=1S/C15H31N3O2/c1-12(2)16-15(4,14(19)20-6)7-8-18-10-9-17(5)11-13(18)3/h12-13,16H,7-11H2,1-6H3. The van der Waals surface area contributed by atoms with Gasteiger partial charge in [-0.2, -0.15) is 0 Å². The minimum atomic E-state index is -0.605. The van der Waals surface area contributed by atoms with E-state index in [0.29, 0.717) is 6.04 Å². The highest BCUT2D eigenvalue weighted by Gasteiger charge is 2.35. The van der Waals surface area contributed by atoms with Gasteiger partial charge in [0.1, 0.15) is 5.54 Å². The molecule has 1 aliphatic heterocycles. The largest absolute Gasteiger partial charge is 0.468 e. The van der Waals surface area contributed by atoms with E-state index >= 15 is 0 Å². The van der Waals surface area contributed by atoms with Crippen molar-refractivity contribution in [1.82, 2.24) is 15.1 Å². The fraction of sp³-hybridized carbons (Fsp3) is 0.933. The number of rotatable bonds is 6. The van der Waals surface area contributed by atoms with Crippen LogP contribution >= 0.6 is 0 Å². The number of piperazine rings is 1. The number of hydrogen-bond donors (Lipinski definition) is 1. The van der Waals surface area contributed by atoms with Crippen LogP contribution in [0.3, 0.4) is 0 Å². The quantitative estimate of drug-likeness (QED) is 0.736. The molecule has 0 aromatic heterocycles. The predicted molar refractivity (Wildman–Crippen MR) is 81.8 cm³/mol. The number of carbonyl (C=O) groups excluding carboxylic acids is 1. The molecule has 118 valence electrons. The fourth-order valence-corrected chi connectivity index (χ4v) is 2.97. The first-order chi connectivity index (χ1) is 9.28. The zero-order valence-electron chi connectivity index (χ0n) is 13.9. The highest BCUT2D eigenvalue weighted by Crippen LogP contribution is 2.17. The Balaban J connectivity index is 2.60. The van der Waals surface area contributed by atoms with E-state index in [1.54, 1.807) is 0 Å². The molecule has 0 aromatic rings. The van der Waals surface area contributed by atoms with Gasteiger partial charge in [-0.25, -0.2) is 0 Å². The predicted octanol–water partition coefficient (Wildman–Crippen LogP) is 0.942. The highest BCUT2D eigenvalue weighted by molar-refractivity contribution is 5.80. The molecule has 1 aliphatic rings. The smallest absolute Gasteiger partial charge is 0.325 e. The molecule has 0 amide bonds. The molecule has 5 heteroatoms.